The highest BCUT2D eigenvalue weighted by Gasteiger charge is 2.31. The lowest BCUT2D eigenvalue weighted by molar-refractivity contribution is -0.140. The lowest BCUT2D eigenvalue weighted by Gasteiger charge is -2.28. The molecule has 1 aliphatic rings. The first-order chi connectivity index (χ1) is 8.39. The molecule has 0 amide bonds. The number of rotatable bonds is 6. The fourth-order valence-electron chi connectivity index (χ4n) is 1.82. The number of nitrogens with zero attached hydrogens (tertiary/aromatic N) is 2. The molecule has 0 aromatic heterocycles. The summed E-state index contributed by atoms with van der Waals surface area (Å²) >= 11 is 0. The van der Waals surface area contributed by atoms with Gasteiger partial charge in [0.05, 0.1) is 13.5 Å². The van der Waals surface area contributed by atoms with Crippen LogP contribution in [0.4, 0.5) is 0 Å². The van der Waals surface area contributed by atoms with E-state index in [4.69, 9.17) is 0 Å². The fourth-order valence-corrected chi connectivity index (χ4v) is 3.14. The summed E-state index contributed by atoms with van der Waals surface area (Å²) < 4.78 is 31.4. The molecule has 0 spiro atoms. The molecule has 1 heterocycles. The SMILES string of the molecule is COC(=O)CCN(C)S(=O)(=O)N(C)C1CCNC1.Cl. The van der Waals surface area contributed by atoms with Gasteiger partial charge in [0.25, 0.3) is 10.2 Å². The molecule has 1 saturated heterocycles. The highest BCUT2D eigenvalue weighted by Crippen LogP contribution is 2.13. The predicted octanol–water partition coefficient (Wildman–Crippen LogP) is -0.558. The molecule has 0 aromatic carbocycles. The van der Waals surface area contributed by atoms with Gasteiger partial charge in [0.2, 0.25) is 0 Å². The number of carbonyl (C=O) groups excluding carboxylic acids is 1. The molecule has 1 aliphatic heterocycles. The maximum Gasteiger partial charge on any atom is 0.306 e. The number of likely N-dealkylation sites (N-methyl/N-ethyl adjacent to an activating group) is 1. The van der Waals surface area contributed by atoms with Crippen molar-refractivity contribution in [3.63, 3.8) is 0 Å². The van der Waals surface area contributed by atoms with E-state index >= 15 is 0 Å². The van der Waals surface area contributed by atoms with Crippen LogP contribution in [0.3, 0.4) is 0 Å². The summed E-state index contributed by atoms with van der Waals surface area (Å²) in [6, 6.07) is -0.0180. The summed E-state index contributed by atoms with van der Waals surface area (Å²) in [5.41, 5.74) is 0. The van der Waals surface area contributed by atoms with Gasteiger partial charge in [0.15, 0.2) is 0 Å². The van der Waals surface area contributed by atoms with Crippen molar-refractivity contribution >= 4 is 28.6 Å². The van der Waals surface area contributed by atoms with Gasteiger partial charge in [-0.25, -0.2) is 0 Å². The van der Waals surface area contributed by atoms with E-state index in [-0.39, 0.29) is 31.4 Å². The maximum absolute atomic E-state index is 12.2. The molecule has 114 valence electrons. The molecule has 0 aliphatic carbocycles. The van der Waals surface area contributed by atoms with Crippen LogP contribution in [0, 0.1) is 0 Å². The standard InChI is InChI=1S/C10H21N3O4S.ClH/c1-12(7-5-10(14)17-3)18(15,16)13(2)9-4-6-11-8-9;/h9,11H,4-8H2,1-3H3;1H. The second-order valence-electron chi connectivity index (χ2n) is 4.32. The van der Waals surface area contributed by atoms with Crippen molar-refractivity contribution in [1.82, 2.24) is 13.9 Å². The van der Waals surface area contributed by atoms with Crippen molar-refractivity contribution in [1.29, 1.82) is 0 Å². The zero-order valence-corrected chi connectivity index (χ0v) is 13.1. The van der Waals surface area contributed by atoms with Crippen LogP contribution in [0.25, 0.3) is 0 Å². The molecule has 0 radical (unpaired) electrons. The Labute approximate surface area is 120 Å². The molecule has 0 bridgehead atoms. The summed E-state index contributed by atoms with van der Waals surface area (Å²) in [6.45, 7) is 1.62. The van der Waals surface area contributed by atoms with E-state index in [1.54, 1.807) is 7.05 Å². The second-order valence-corrected chi connectivity index (χ2v) is 6.41. The van der Waals surface area contributed by atoms with Crippen LogP contribution < -0.4 is 5.32 Å². The van der Waals surface area contributed by atoms with Crippen molar-refractivity contribution in [2.75, 3.05) is 40.8 Å². The molecule has 1 N–H and O–H groups in total. The van der Waals surface area contributed by atoms with E-state index in [0.717, 1.165) is 13.0 Å². The van der Waals surface area contributed by atoms with Crippen molar-refractivity contribution < 1.29 is 17.9 Å². The van der Waals surface area contributed by atoms with E-state index < -0.39 is 16.2 Å². The third-order valence-electron chi connectivity index (χ3n) is 3.16. The lowest BCUT2D eigenvalue weighted by Crippen LogP contribution is -2.46. The van der Waals surface area contributed by atoms with Crippen molar-refractivity contribution in [2.45, 2.75) is 18.9 Å². The number of halogens is 1. The van der Waals surface area contributed by atoms with Gasteiger partial charge in [-0.15, -0.1) is 12.4 Å². The second kappa shape index (κ2) is 8.01. The third kappa shape index (κ3) is 4.88. The molecule has 1 rings (SSSR count). The minimum absolute atomic E-state index is 0. The molecule has 19 heavy (non-hydrogen) atoms. The van der Waals surface area contributed by atoms with Gasteiger partial charge >= 0.3 is 5.97 Å². The van der Waals surface area contributed by atoms with Crippen LogP contribution in [-0.2, 0) is 19.7 Å². The van der Waals surface area contributed by atoms with Crippen molar-refractivity contribution in [2.24, 2.45) is 0 Å². The molecule has 0 aromatic rings. The van der Waals surface area contributed by atoms with Gasteiger partial charge in [-0.1, -0.05) is 0 Å². The predicted molar refractivity (Wildman–Crippen MR) is 74.5 cm³/mol. The molecule has 1 unspecified atom stereocenters. The van der Waals surface area contributed by atoms with Gasteiger partial charge in [-0.2, -0.15) is 17.0 Å². The number of hydrogen-bond acceptors (Lipinski definition) is 5. The number of methoxy groups -OCH3 is 1. The number of hydrogen-bond donors (Lipinski definition) is 1. The Bertz CT molecular complexity index is 384. The zero-order valence-electron chi connectivity index (χ0n) is 11.5. The normalized spacial score (nSPS) is 19.5. The fraction of sp³-hybridized carbons (Fsp3) is 0.900. The third-order valence-corrected chi connectivity index (χ3v) is 5.16. The van der Waals surface area contributed by atoms with Crippen LogP contribution in [0.5, 0.6) is 0 Å². The Morgan fingerprint density at radius 1 is 1.42 bits per heavy atom. The topological polar surface area (TPSA) is 79.0 Å². The van der Waals surface area contributed by atoms with E-state index in [1.807, 2.05) is 0 Å². The summed E-state index contributed by atoms with van der Waals surface area (Å²) in [7, 11) is 0.818. The number of esters is 1. The molecule has 1 fully saturated rings. The Kier molecular flexibility index (Phi) is 7.83. The first kappa shape index (κ1) is 18.6. The van der Waals surface area contributed by atoms with Gasteiger partial charge in [-0.05, 0) is 13.0 Å². The van der Waals surface area contributed by atoms with Gasteiger partial charge in [0.1, 0.15) is 0 Å². The van der Waals surface area contributed by atoms with E-state index in [9.17, 15) is 13.2 Å². The summed E-state index contributed by atoms with van der Waals surface area (Å²) in [6.07, 6.45) is 0.865. The average Bonchev–Trinajstić information content (AvgIpc) is 2.87. The van der Waals surface area contributed by atoms with Crippen LogP contribution in [-0.4, -0.2) is 69.9 Å². The Morgan fingerprint density at radius 3 is 2.53 bits per heavy atom. The van der Waals surface area contributed by atoms with Crippen LogP contribution in [0.15, 0.2) is 0 Å². The van der Waals surface area contributed by atoms with Gasteiger partial charge < -0.3 is 10.1 Å². The maximum atomic E-state index is 12.2. The summed E-state index contributed by atoms with van der Waals surface area (Å²) in [5.74, 6) is -0.415. The number of nitrogens with one attached hydrogen (secondary N) is 1. The Balaban J connectivity index is 0.00000324. The lowest BCUT2D eigenvalue weighted by atomic mass is 10.3. The summed E-state index contributed by atoms with van der Waals surface area (Å²) in [5, 5.41) is 3.12. The highest BCUT2D eigenvalue weighted by molar-refractivity contribution is 7.86. The van der Waals surface area contributed by atoms with E-state index in [2.05, 4.69) is 10.1 Å². The summed E-state index contributed by atoms with van der Waals surface area (Å²) in [4.78, 5) is 11.0. The van der Waals surface area contributed by atoms with E-state index in [0.29, 0.717) is 6.54 Å². The molecular weight excluding hydrogens is 294 g/mol. The Morgan fingerprint density at radius 2 is 2.05 bits per heavy atom. The molecule has 9 heteroatoms. The zero-order chi connectivity index (χ0) is 13.8. The van der Waals surface area contributed by atoms with Crippen LogP contribution >= 0.6 is 12.4 Å². The number of ether oxygens (including phenoxy) is 1. The quantitative estimate of drug-likeness (QED) is 0.665. The molecular formula is C10H22ClN3O4S. The van der Waals surface area contributed by atoms with E-state index in [1.165, 1.54) is 22.8 Å². The Hall–Kier alpha value is -0.410. The molecule has 7 nitrogen and oxygen atoms in total. The van der Waals surface area contributed by atoms with Gasteiger partial charge in [0, 0.05) is 33.2 Å². The molecule has 1 atom stereocenters. The van der Waals surface area contributed by atoms with Gasteiger partial charge in [-0.3, -0.25) is 4.79 Å². The van der Waals surface area contributed by atoms with Crippen molar-refractivity contribution in [3.8, 4) is 0 Å². The molecule has 0 saturated carbocycles. The van der Waals surface area contributed by atoms with Crippen LogP contribution in [0.2, 0.25) is 0 Å². The largest absolute Gasteiger partial charge is 0.469 e. The first-order valence-corrected chi connectivity index (χ1v) is 7.26. The minimum Gasteiger partial charge on any atom is -0.469 e. The van der Waals surface area contributed by atoms with Crippen molar-refractivity contribution in [3.05, 3.63) is 0 Å². The monoisotopic (exact) mass is 315 g/mol. The van der Waals surface area contributed by atoms with Crippen LogP contribution in [0.1, 0.15) is 12.8 Å². The number of carbonyl (C=O) groups is 1. The highest BCUT2D eigenvalue weighted by atomic mass is 35.5. The first-order valence-electron chi connectivity index (χ1n) is 5.86. The smallest absolute Gasteiger partial charge is 0.306 e. The average molecular weight is 316 g/mol. The minimum atomic E-state index is -3.51.